The molecule has 3 unspecified atom stereocenters. The van der Waals surface area contributed by atoms with Crippen LogP contribution in [0.3, 0.4) is 0 Å². The number of unbranched alkanes of at least 4 members (excludes halogenated alkanes) is 42. The maximum absolute atomic E-state index is 13.0. The molecule has 0 amide bonds. The summed E-state index contributed by atoms with van der Waals surface area (Å²) >= 11 is 0. The molecule has 0 fully saturated rings. The van der Waals surface area contributed by atoms with Gasteiger partial charge in [0.2, 0.25) is 0 Å². The monoisotopic (exact) mass is 1320 g/mol. The Hall–Kier alpha value is -1.94. The number of hydrogen-bond donors (Lipinski definition) is 3. The zero-order valence-corrected chi connectivity index (χ0v) is 60.1. The summed E-state index contributed by atoms with van der Waals surface area (Å²) in [6.07, 6.45) is 51.7. The average molecular weight is 1330 g/mol. The number of rotatable bonds is 71. The average Bonchev–Trinajstić information content (AvgIpc) is 3.44. The number of carbonyl (C=O) groups excluding carboxylic acids is 4. The van der Waals surface area contributed by atoms with Crippen LogP contribution in [0.2, 0.25) is 0 Å². The van der Waals surface area contributed by atoms with Gasteiger partial charge in [-0.05, 0) is 31.6 Å². The van der Waals surface area contributed by atoms with Gasteiger partial charge in [-0.2, -0.15) is 0 Å². The van der Waals surface area contributed by atoms with E-state index in [1.54, 1.807) is 0 Å². The minimum atomic E-state index is -4.95. The van der Waals surface area contributed by atoms with Crippen LogP contribution in [-0.4, -0.2) is 96.7 Å². The van der Waals surface area contributed by atoms with Gasteiger partial charge in [-0.3, -0.25) is 37.3 Å². The smallest absolute Gasteiger partial charge is 0.462 e. The molecule has 0 heterocycles. The van der Waals surface area contributed by atoms with Crippen LogP contribution >= 0.6 is 15.6 Å². The number of phosphoric acid groups is 2. The topological polar surface area (TPSA) is 237 Å². The SMILES string of the molecule is CCCCCCCCCCCCCCC(=O)OC[C@H](COP(=O)(O)OC[C@@H](O)COP(=O)(O)OC[C@@H](COC(=O)CCCCCCC)OC(=O)CCCCCCCCCCCCC)OC(=O)CCCCCCCCCCCCCCCCCCCCC(C)CC. The van der Waals surface area contributed by atoms with Gasteiger partial charge in [0.15, 0.2) is 12.2 Å². The van der Waals surface area contributed by atoms with Crippen molar-refractivity contribution >= 4 is 39.5 Å². The van der Waals surface area contributed by atoms with E-state index in [1.165, 1.54) is 186 Å². The van der Waals surface area contributed by atoms with E-state index in [9.17, 15) is 43.2 Å². The van der Waals surface area contributed by atoms with Gasteiger partial charge in [-0.1, -0.05) is 317 Å². The van der Waals surface area contributed by atoms with Crippen LogP contribution in [0.15, 0.2) is 0 Å². The number of aliphatic hydroxyl groups is 1. The molecule has 90 heavy (non-hydrogen) atoms. The predicted octanol–water partition coefficient (Wildman–Crippen LogP) is 20.5. The summed E-state index contributed by atoms with van der Waals surface area (Å²) in [6, 6.07) is 0. The maximum atomic E-state index is 13.0. The van der Waals surface area contributed by atoms with Crippen molar-refractivity contribution in [3.8, 4) is 0 Å². The quantitative estimate of drug-likeness (QED) is 0.0222. The Morgan fingerprint density at radius 2 is 0.533 bits per heavy atom. The van der Waals surface area contributed by atoms with Gasteiger partial charge in [-0.25, -0.2) is 9.13 Å². The molecule has 0 spiro atoms. The molecule has 0 saturated heterocycles. The highest BCUT2D eigenvalue weighted by Crippen LogP contribution is 2.45. The fourth-order valence-electron chi connectivity index (χ4n) is 10.8. The summed E-state index contributed by atoms with van der Waals surface area (Å²) in [5.74, 6) is -1.26. The molecular weight excluding hydrogens is 1190 g/mol. The number of ether oxygens (including phenoxy) is 4. The molecule has 0 aliphatic heterocycles. The molecule has 0 bridgehead atoms. The second-order valence-corrected chi connectivity index (χ2v) is 28.8. The summed E-state index contributed by atoms with van der Waals surface area (Å²) in [7, 11) is -9.89. The standard InChI is InChI=1S/C71H138O17P2/c1-6-10-13-16-18-20-22-33-36-40-45-50-55-69(74)82-61-67(88-71(76)57-52-47-42-38-34-30-28-26-24-23-25-27-29-32-35-39-44-48-53-64(5)9-4)63-86-90(79,80)84-59-65(72)58-83-89(77,78)85-62-66(60-81-68(73)54-49-43-15-12-8-3)87-70(75)56-51-46-41-37-31-21-19-17-14-11-7-2/h64-67,72H,6-63H2,1-5H3,(H,77,78)(H,79,80)/t64?,65-,66+,67+/m0/s1. The van der Waals surface area contributed by atoms with Crippen LogP contribution < -0.4 is 0 Å². The lowest BCUT2D eigenvalue weighted by molar-refractivity contribution is -0.161. The van der Waals surface area contributed by atoms with Crippen molar-refractivity contribution in [1.29, 1.82) is 0 Å². The number of aliphatic hydroxyl groups excluding tert-OH is 1. The minimum absolute atomic E-state index is 0.106. The van der Waals surface area contributed by atoms with Crippen LogP contribution in [0, 0.1) is 5.92 Å². The Morgan fingerprint density at radius 3 is 0.789 bits per heavy atom. The van der Waals surface area contributed by atoms with Gasteiger partial charge in [0.1, 0.15) is 19.3 Å². The molecule has 19 heteroatoms. The Labute approximate surface area is 549 Å². The van der Waals surface area contributed by atoms with Crippen molar-refractivity contribution in [2.75, 3.05) is 39.6 Å². The molecule has 6 atom stereocenters. The highest BCUT2D eigenvalue weighted by Gasteiger charge is 2.30. The van der Waals surface area contributed by atoms with Crippen molar-refractivity contribution in [2.24, 2.45) is 5.92 Å². The summed E-state index contributed by atoms with van der Waals surface area (Å²) < 4.78 is 68.0. The number of carbonyl (C=O) groups is 4. The molecular formula is C71H138O17P2. The zero-order valence-electron chi connectivity index (χ0n) is 58.3. The fraction of sp³-hybridized carbons (Fsp3) is 0.944. The zero-order chi connectivity index (χ0) is 66.3. The number of hydrogen-bond acceptors (Lipinski definition) is 15. The Kier molecular flexibility index (Phi) is 63.0. The fourth-order valence-corrected chi connectivity index (χ4v) is 12.4. The number of phosphoric ester groups is 2. The summed E-state index contributed by atoms with van der Waals surface area (Å²) in [6.45, 7) is 7.23. The first kappa shape index (κ1) is 88.1. The van der Waals surface area contributed by atoms with Gasteiger partial charge in [0.25, 0.3) is 0 Å². The molecule has 0 aromatic rings. The second kappa shape index (κ2) is 64.4. The first-order valence-electron chi connectivity index (χ1n) is 37.2. The molecule has 0 aliphatic rings. The van der Waals surface area contributed by atoms with E-state index in [0.717, 1.165) is 102 Å². The molecule has 3 N–H and O–H groups in total. The highest BCUT2D eigenvalue weighted by atomic mass is 31.2. The van der Waals surface area contributed by atoms with Crippen LogP contribution in [0.4, 0.5) is 0 Å². The van der Waals surface area contributed by atoms with E-state index in [4.69, 9.17) is 37.0 Å². The van der Waals surface area contributed by atoms with Crippen LogP contribution in [-0.2, 0) is 65.4 Å². The second-order valence-electron chi connectivity index (χ2n) is 25.9. The molecule has 17 nitrogen and oxygen atoms in total. The molecule has 0 aromatic heterocycles. The van der Waals surface area contributed by atoms with E-state index in [2.05, 4.69) is 34.6 Å². The van der Waals surface area contributed by atoms with E-state index in [-0.39, 0.29) is 25.7 Å². The molecule has 0 radical (unpaired) electrons. The van der Waals surface area contributed by atoms with E-state index in [0.29, 0.717) is 25.7 Å². The lowest BCUT2D eigenvalue weighted by Gasteiger charge is -2.21. The molecule has 0 aromatic carbocycles. The van der Waals surface area contributed by atoms with Gasteiger partial charge in [-0.15, -0.1) is 0 Å². The lowest BCUT2D eigenvalue weighted by Crippen LogP contribution is -2.30. The third kappa shape index (κ3) is 63.5. The Bertz CT molecular complexity index is 1740. The molecule has 0 aliphatic carbocycles. The lowest BCUT2D eigenvalue weighted by atomic mass is 9.99. The summed E-state index contributed by atoms with van der Waals surface area (Å²) in [5.41, 5.74) is 0. The molecule has 534 valence electrons. The maximum Gasteiger partial charge on any atom is 0.472 e. The first-order chi connectivity index (χ1) is 43.6. The molecule has 0 rings (SSSR count). The molecule has 0 saturated carbocycles. The van der Waals surface area contributed by atoms with Crippen molar-refractivity contribution in [3.63, 3.8) is 0 Å². The third-order valence-electron chi connectivity index (χ3n) is 16.9. The predicted molar refractivity (Wildman–Crippen MR) is 363 cm³/mol. The van der Waals surface area contributed by atoms with Crippen molar-refractivity contribution in [2.45, 2.75) is 387 Å². The summed E-state index contributed by atoms with van der Waals surface area (Å²) in [4.78, 5) is 72.2. The van der Waals surface area contributed by atoms with Gasteiger partial charge < -0.3 is 33.8 Å². The Balaban J connectivity index is 5.08. The van der Waals surface area contributed by atoms with E-state index < -0.39 is 97.5 Å². The van der Waals surface area contributed by atoms with Gasteiger partial charge in [0.05, 0.1) is 26.4 Å². The highest BCUT2D eigenvalue weighted by molar-refractivity contribution is 7.47. The third-order valence-corrected chi connectivity index (χ3v) is 18.8. The Morgan fingerprint density at radius 1 is 0.311 bits per heavy atom. The van der Waals surface area contributed by atoms with Crippen molar-refractivity contribution in [1.82, 2.24) is 0 Å². The van der Waals surface area contributed by atoms with Crippen LogP contribution in [0.5, 0.6) is 0 Å². The normalized spacial score (nSPS) is 14.4. The van der Waals surface area contributed by atoms with Crippen molar-refractivity contribution < 1.29 is 80.2 Å². The largest absolute Gasteiger partial charge is 0.472 e. The van der Waals surface area contributed by atoms with E-state index in [1.807, 2.05) is 0 Å². The number of esters is 4. The minimum Gasteiger partial charge on any atom is -0.462 e. The van der Waals surface area contributed by atoms with Crippen LogP contribution in [0.25, 0.3) is 0 Å². The van der Waals surface area contributed by atoms with Gasteiger partial charge >= 0.3 is 39.5 Å². The van der Waals surface area contributed by atoms with Gasteiger partial charge in [0, 0.05) is 25.7 Å². The van der Waals surface area contributed by atoms with Crippen molar-refractivity contribution in [3.05, 3.63) is 0 Å². The van der Waals surface area contributed by atoms with Crippen LogP contribution in [0.1, 0.15) is 369 Å². The first-order valence-corrected chi connectivity index (χ1v) is 40.2. The van der Waals surface area contributed by atoms with E-state index >= 15 is 0 Å². The summed E-state index contributed by atoms with van der Waals surface area (Å²) in [5, 5.41) is 10.6.